The van der Waals surface area contributed by atoms with Crippen molar-refractivity contribution in [1.29, 1.82) is 0 Å². The number of nitrogen functional groups attached to an aromatic ring is 1. The van der Waals surface area contributed by atoms with Crippen molar-refractivity contribution in [2.45, 2.75) is 6.92 Å². The number of phosphoric acid groups is 1. The number of anilines is 1. The van der Waals surface area contributed by atoms with E-state index in [1.54, 1.807) is 6.92 Å². The van der Waals surface area contributed by atoms with Gasteiger partial charge < -0.3 is 19.3 Å². The molecule has 0 amide bonds. The summed E-state index contributed by atoms with van der Waals surface area (Å²) in [7, 11) is -3.78. The Kier molecular flexibility index (Phi) is 1.40. The molecule has 0 aromatic heterocycles. The second-order valence-corrected chi connectivity index (χ2v) is 4.79. The zero-order chi connectivity index (χ0) is 11.7. The average Bonchev–Trinajstić information content (AvgIpc) is 2.42. The van der Waals surface area contributed by atoms with Crippen LogP contribution in [0.25, 0.3) is 0 Å². The van der Waals surface area contributed by atoms with E-state index in [1.165, 1.54) is 0 Å². The van der Waals surface area contributed by atoms with Crippen LogP contribution in [0, 0.1) is 17.0 Å². The van der Waals surface area contributed by atoms with E-state index in [0.29, 0.717) is 5.56 Å². The highest BCUT2D eigenvalue weighted by atomic mass is 31.2. The van der Waals surface area contributed by atoms with Gasteiger partial charge in [0.25, 0.3) is 0 Å². The van der Waals surface area contributed by atoms with E-state index >= 15 is 0 Å². The summed E-state index contributed by atoms with van der Waals surface area (Å²) in [5.41, 5.74) is 5.24. The van der Waals surface area contributed by atoms with E-state index in [-0.39, 0.29) is 22.9 Å². The monoisotopic (exact) mass is 244 g/mol. The van der Waals surface area contributed by atoms with E-state index < -0.39 is 18.4 Å². The first kappa shape index (κ1) is 9.29. The fraction of sp³-hybridized carbons (Fsp3) is 0.143. The van der Waals surface area contributed by atoms with Crippen LogP contribution in [0.2, 0.25) is 0 Å². The van der Waals surface area contributed by atoms with Gasteiger partial charge in [0.15, 0.2) is 11.4 Å². The molecule has 0 radical (unpaired) electrons. The third-order valence-corrected chi connectivity index (χ3v) is 3.61. The summed E-state index contributed by atoms with van der Waals surface area (Å²) in [6, 6.07) is 0. The maximum absolute atomic E-state index is 11.7. The van der Waals surface area contributed by atoms with Crippen molar-refractivity contribution in [2.75, 3.05) is 5.73 Å². The lowest BCUT2D eigenvalue weighted by Crippen LogP contribution is -2.06. The number of nitro groups is 1. The predicted octanol–water partition coefficient (Wildman–Crippen LogP) is 1.76. The average molecular weight is 244 g/mol. The first-order chi connectivity index (χ1) is 7.43. The normalized spacial score (nSPS) is 23.6. The van der Waals surface area contributed by atoms with Crippen molar-refractivity contribution in [3.8, 4) is 17.2 Å². The standard InChI is InChI=1S/C7H5N2O6P/c1-2-5-4(9(10)11)3(8)7-6(2)14-16(12,13-5)15-7/h8H2,1H3. The van der Waals surface area contributed by atoms with Crippen LogP contribution in [0.1, 0.15) is 5.56 Å². The Bertz CT molecular complexity index is 597. The zero-order valence-corrected chi connectivity index (χ0v) is 8.82. The van der Waals surface area contributed by atoms with Crippen molar-refractivity contribution < 1.29 is 23.1 Å². The molecule has 0 fully saturated rings. The van der Waals surface area contributed by atoms with Gasteiger partial charge >= 0.3 is 13.5 Å². The highest BCUT2D eigenvalue weighted by Gasteiger charge is 2.53. The lowest BCUT2D eigenvalue weighted by Gasteiger charge is -2.16. The Morgan fingerprint density at radius 3 is 2.44 bits per heavy atom. The summed E-state index contributed by atoms with van der Waals surface area (Å²) in [6.07, 6.45) is 0. The van der Waals surface area contributed by atoms with Crippen LogP contribution < -0.4 is 19.3 Å². The second-order valence-electron chi connectivity index (χ2n) is 3.35. The summed E-state index contributed by atoms with van der Waals surface area (Å²) in [5, 5.41) is 10.8. The number of fused-ring (bicyclic) bond motifs is 2. The molecule has 84 valence electrons. The molecule has 3 rings (SSSR count). The zero-order valence-electron chi connectivity index (χ0n) is 7.92. The van der Waals surface area contributed by atoms with Gasteiger partial charge in [0, 0.05) is 5.56 Å². The van der Waals surface area contributed by atoms with Crippen molar-refractivity contribution in [3.05, 3.63) is 15.7 Å². The predicted molar refractivity (Wildman–Crippen MR) is 51.7 cm³/mol. The van der Waals surface area contributed by atoms with Gasteiger partial charge in [-0.3, -0.25) is 10.1 Å². The maximum atomic E-state index is 11.7. The summed E-state index contributed by atoms with van der Waals surface area (Å²) in [4.78, 5) is 10.1. The lowest BCUT2D eigenvalue weighted by atomic mass is 10.1. The van der Waals surface area contributed by atoms with Crippen LogP contribution in [0.3, 0.4) is 0 Å². The first-order valence-electron chi connectivity index (χ1n) is 4.22. The second kappa shape index (κ2) is 2.41. The number of rotatable bonds is 1. The molecule has 2 N–H and O–H groups in total. The Balaban J connectivity index is 2.45. The van der Waals surface area contributed by atoms with Gasteiger partial charge in [0.2, 0.25) is 11.5 Å². The van der Waals surface area contributed by atoms with Crippen molar-refractivity contribution >= 4 is 19.2 Å². The number of hydrogen-bond donors (Lipinski definition) is 1. The molecule has 2 aliphatic heterocycles. The van der Waals surface area contributed by atoms with Crippen LogP contribution in [0.4, 0.5) is 11.4 Å². The number of phosphoric ester groups is 1. The van der Waals surface area contributed by atoms with E-state index in [9.17, 15) is 14.7 Å². The van der Waals surface area contributed by atoms with E-state index in [1.807, 2.05) is 0 Å². The minimum atomic E-state index is -3.78. The number of benzene rings is 1. The first-order valence-corrected chi connectivity index (χ1v) is 5.68. The van der Waals surface area contributed by atoms with Crippen molar-refractivity contribution in [3.63, 3.8) is 0 Å². The van der Waals surface area contributed by atoms with Crippen LogP contribution in [-0.4, -0.2) is 4.92 Å². The Hall–Kier alpha value is -1.95. The molecular formula is C7H5N2O6P. The number of nitrogens with zero attached hydrogens (tertiary/aromatic N) is 1. The van der Waals surface area contributed by atoms with Crippen LogP contribution in [-0.2, 0) is 4.57 Å². The number of nitro benzene ring substituents is 1. The summed E-state index contributed by atoms with van der Waals surface area (Å²) in [5.74, 6) is -0.0604. The van der Waals surface area contributed by atoms with Crippen LogP contribution in [0.15, 0.2) is 0 Å². The molecule has 0 aliphatic carbocycles. The molecule has 1 aromatic rings. The smallest absolute Gasteiger partial charge is 0.390 e. The largest absolute Gasteiger partial charge is 0.647 e. The third-order valence-electron chi connectivity index (χ3n) is 2.39. The summed E-state index contributed by atoms with van der Waals surface area (Å²) < 4.78 is 26.4. The highest BCUT2D eigenvalue weighted by molar-refractivity contribution is 7.50. The molecule has 3 bridgehead atoms. The van der Waals surface area contributed by atoms with Gasteiger partial charge in [-0.15, -0.1) is 0 Å². The molecule has 1 atom stereocenters. The SMILES string of the molecule is Cc1c2c3c(N)c([N+](=O)[O-])c1OP(=O)(O2)O3. The van der Waals surface area contributed by atoms with Gasteiger partial charge in [-0.1, -0.05) is 0 Å². The van der Waals surface area contributed by atoms with Crippen molar-refractivity contribution in [1.82, 2.24) is 0 Å². The fourth-order valence-corrected chi connectivity index (χ4v) is 3.10. The molecule has 9 heteroatoms. The Labute approximate surface area is 88.7 Å². The van der Waals surface area contributed by atoms with E-state index in [0.717, 1.165) is 0 Å². The molecule has 2 heterocycles. The van der Waals surface area contributed by atoms with Gasteiger partial charge in [0.1, 0.15) is 0 Å². The lowest BCUT2D eigenvalue weighted by molar-refractivity contribution is -0.384. The van der Waals surface area contributed by atoms with Gasteiger partial charge in [-0.2, -0.15) is 4.57 Å². The molecule has 2 aliphatic rings. The summed E-state index contributed by atoms with van der Waals surface area (Å²) in [6.45, 7) is 1.54. The molecule has 1 aromatic carbocycles. The number of nitrogens with two attached hydrogens (primary N) is 1. The van der Waals surface area contributed by atoms with Crippen LogP contribution >= 0.6 is 7.82 Å². The molecular weight excluding hydrogens is 239 g/mol. The molecule has 0 saturated carbocycles. The Morgan fingerprint density at radius 2 is 1.81 bits per heavy atom. The van der Waals surface area contributed by atoms with Gasteiger partial charge in [-0.25, -0.2) is 0 Å². The third kappa shape index (κ3) is 0.873. The summed E-state index contributed by atoms with van der Waals surface area (Å²) >= 11 is 0. The van der Waals surface area contributed by atoms with Gasteiger partial charge in [-0.05, 0) is 6.92 Å². The highest BCUT2D eigenvalue weighted by Crippen LogP contribution is 2.70. The fourth-order valence-electron chi connectivity index (χ4n) is 1.69. The minimum absolute atomic E-state index is 0.0752. The van der Waals surface area contributed by atoms with Crippen LogP contribution in [0.5, 0.6) is 17.2 Å². The molecule has 8 nitrogen and oxygen atoms in total. The molecule has 16 heavy (non-hydrogen) atoms. The molecule has 1 unspecified atom stereocenters. The number of hydrogen-bond acceptors (Lipinski definition) is 7. The van der Waals surface area contributed by atoms with Crippen molar-refractivity contribution in [2.24, 2.45) is 0 Å². The van der Waals surface area contributed by atoms with Gasteiger partial charge in [0.05, 0.1) is 4.92 Å². The Morgan fingerprint density at radius 1 is 1.25 bits per heavy atom. The molecule has 0 spiro atoms. The maximum Gasteiger partial charge on any atom is 0.647 e. The van der Waals surface area contributed by atoms with E-state index in [2.05, 4.69) is 0 Å². The molecule has 0 saturated heterocycles. The van der Waals surface area contributed by atoms with E-state index in [4.69, 9.17) is 19.3 Å². The quantitative estimate of drug-likeness (QED) is 0.346. The minimum Gasteiger partial charge on any atom is -0.390 e. The topological polar surface area (TPSA) is 114 Å².